The lowest BCUT2D eigenvalue weighted by atomic mass is 10.1. The van der Waals surface area contributed by atoms with E-state index in [9.17, 15) is 14.7 Å². The molecule has 18 heavy (non-hydrogen) atoms. The predicted octanol–water partition coefficient (Wildman–Crippen LogP) is 0.709. The van der Waals surface area contributed by atoms with Crippen molar-refractivity contribution < 1.29 is 14.7 Å². The van der Waals surface area contributed by atoms with Crippen LogP contribution in [0.25, 0.3) is 0 Å². The molecule has 1 aliphatic rings. The van der Waals surface area contributed by atoms with E-state index in [2.05, 4.69) is 10.6 Å². The minimum Gasteiger partial charge on any atom is -0.508 e. The maximum Gasteiger partial charge on any atom is 0.251 e. The van der Waals surface area contributed by atoms with Crippen molar-refractivity contribution >= 4 is 11.8 Å². The fourth-order valence-corrected chi connectivity index (χ4v) is 1.57. The first-order chi connectivity index (χ1) is 8.56. The molecule has 0 bridgehead atoms. The van der Waals surface area contributed by atoms with E-state index in [4.69, 9.17) is 0 Å². The van der Waals surface area contributed by atoms with Crippen molar-refractivity contribution in [3.05, 3.63) is 29.3 Å². The van der Waals surface area contributed by atoms with Crippen LogP contribution in [0.1, 0.15) is 28.8 Å². The smallest absolute Gasteiger partial charge is 0.251 e. The van der Waals surface area contributed by atoms with Gasteiger partial charge in [0.15, 0.2) is 0 Å². The molecule has 1 aliphatic carbocycles. The van der Waals surface area contributed by atoms with Gasteiger partial charge in [-0.3, -0.25) is 9.59 Å². The number of carbonyl (C=O) groups excluding carboxylic acids is 2. The lowest BCUT2D eigenvalue weighted by Gasteiger charge is -2.07. The predicted molar refractivity (Wildman–Crippen MR) is 66.3 cm³/mol. The first-order valence-electron chi connectivity index (χ1n) is 5.93. The molecule has 0 aromatic heterocycles. The summed E-state index contributed by atoms with van der Waals surface area (Å²) in [6, 6.07) is 4.87. The van der Waals surface area contributed by atoms with Gasteiger partial charge in [-0.05, 0) is 43.5 Å². The molecule has 5 nitrogen and oxygen atoms in total. The fourth-order valence-electron chi connectivity index (χ4n) is 1.57. The Balaban J connectivity index is 1.86. The highest BCUT2D eigenvalue weighted by Gasteiger charge is 2.23. The molecule has 0 radical (unpaired) electrons. The van der Waals surface area contributed by atoms with Crippen LogP contribution in [0.2, 0.25) is 0 Å². The second-order valence-electron chi connectivity index (χ2n) is 4.53. The number of amides is 2. The minimum absolute atomic E-state index is 0.0186. The Morgan fingerprint density at radius 2 is 2.11 bits per heavy atom. The number of hydrogen-bond acceptors (Lipinski definition) is 3. The van der Waals surface area contributed by atoms with Crippen molar-refractivity contribution in [2.75, 3.05) is 6.54 Å². The van der Waals surface area contributed by atoms with Crippen molar-refractivity contribution in [1.82, 2.24) is 10.6 Å². The van der Waals surface area contributed by atoms with E-state index in [-0.39, 0.29) is 24.1 Å². The molecule has 1 saturated carbocycles. The summed E-state index contributed by atoms with van der Waals surface area (Å²) in [6.07, 6.45) is 2.05. The van der Waals surface area contributed by atoms with E-state index in [1.807, 2.05) is 0 Å². The van der Waals surface area contributed by atoms with E-state index in [0.717, 1.165) is 12.8 Å². The summed E-state index contributed by atoms with van der Waals surface area (Å²) >= 11 is 0. The van der Waals surface area contributed by atoms with Crippen molar-refractivity contribution in [2.24, 2.45) is 0 Å². The lowest BCUT2D eigenvalue weighted by Crippen LogP contribution is -2.37. The molecule has 5 heteroatoms. The molecule has 0 aliphatic heterocycles. The fraction of sp³-hybridized carbons (Fsp3) is 0.385. The molecule has 2 rings (SSSR count). The SMILES string of the molecule is Cc1cc(C(=O)NCC(=O)NC2CC2)ccc1O. The van der Waals surface area contributed by atoms with Gasteiger partial charge in [0.05, 0.1) is 6.54 Å². The van der Waals surface area contributed by atoms with Gasteiger partial charge in [0.2, 0.25) is 5.91 Å². The van der Waals surface area contributed by atoms with Crippen molar-refractivity contribution in [1.29, 1.82) is 0 Å². The summed E-state index contributed by atoms with van der Waals surface area (Å²) in [7, 11) is 0. The number of hydrogen-bond donors (Lipinski definition) is 3. The standard InChI is InChI=1S/C13H16N2O3/c1-8-6-9(2-5-11(8)16)13(18)14-7-12(17)15-10-3-4-10/h2,5-6,10,16H,3-4,7H2,1H3,(H,14,18)(H,15,17). The van der Waals surface area contributed by atoms with Crippen LogP contribution >= 0.6 is 0 Å². The summed E-state index contributed by atoms with van der Waals surface area (Å²) in [5.41, 5.74) is 1.06. The molecule has 96 valence electrons. The first kappa shape index (κ1) is 12.4. The molecular weight excluding hydrogens is 232 g/mol. The van der Waals surface area contributed by atoms with Gasteiger partial charge in [0.1, 0.15) is 5.75 Å². The number of aromatic hydroxyl groups is 1. The van der Waals surface area contributed by atoms with Crippen molar-refractivity contribution in [2.45, 2.75) is 25.8 Å². The molecule has 1 aromatic carbocycles. The number of carbonyl (C=O) groups is 2. The number of phenols is 1. The second kappa shape index (κ2) is 5.08. The highest BCUT2D eigenvalue weighted by atomic mass is 16.3. The molecular formula is C13H16N2O3. The zero-order valence-electron chi connectivity index (χ0n) is 10.2. The Hall–Kier alpha value is -2.04. The average molecular weight is 248 g/mol. The van der Waals surface area contributed by atoms with Crippen LogP contribution in [0.4, 0.5) is 0 Å². The minimum atomic E-state index is -0.316. The molecule has 1 fully saturated rings. The van der Waals surface area contributed by atoms with Gasteiger partial charge in [-0.25, -0.2) is 0 Å². The van der Waals surface area contributed by atoms with Gasteiger partial charge >= 0.3 is 0 Å². The Bertz CT molecular complexity index is 481. The summed E-state index contributed by atoms with van der Waals surface area (Å²) in [5.74, 6) is -0.330. The third-order valence-electron chi connectivity index (χ3n) is 2.81. The van der Waals surface area contributed by atoms with Crippen LogP contribution < -0.4 is 10.6 Å². The van der Waals surface area contributed by atoms with Crippen LogP contribution in [0.15, 0.2) is 18.2 Å². The van der Waals surface area contributed by atoms with Crippen molar-refractivity contribution in [3.63, 3.8) is 0 Å². The van der Waals surface area contributed by atoms with E-state index < -0.39 is 0 Å². The molecule has 1 aromatic rings. The van der Waals surface area contributed by atoms with E-state index >= 15 is 0 Å². The number of aryl methyl sites for hydroxylation is 1. The average Bonchev–Trinajstić information content (AvgIpc) is 3.13. The molecule has 0 atom stereocenters. The van der Waals surface area contributed by atoms with Gasteiger partial charge < -0.3 is 15.7 Å². The van der Waals surface area contributed by atoms with Gasteiger partial charge in [0.25, 0.3) is 5.91 Å². The first-order valence-corrected chi connectivity index (χ1v) is 5.93. The largest absolute Gasteiger partial charge is 0.508 e. The summed E-state index contributed by atoms with van der Waals surface area (Å²) in [5, 5.41) is 14.7. The van der Waals surface area contributed by atoms with Gasteiger partial charge in [-0.15, -0.1) is 0 Å². The maximum atomic E-state index is 11.7. The highest BCUT2D eigenvalue weighted by Crippen LogP contribution is 2.18. The van der Waals surface area contributed by atoms with Crippen LogP contribution in [-0.4, -0.2) is 29.5 Å². The Morgan fingerprint density at radius 3 is 2.72 bits per heavy atom. The van der Waals surface area contributed by atoms with E-state index in [1.54, 1.807) is 13.0 Å². The quantitative estimate of drug-likeness (QED) is 0.734. The maximum absolute atomic E-state index is 11.7. The normalized spacial score (nSPS) is 14.1. The topological polar surface area (TPSA) is 78.4 Å². The summed E-state index contributed by atoms with van der Waals surface area (Å²) in [4.78, 5) is 23.1. The molecule has 2 amide bonds. The Labute approximate surface area is 105 Å². The molecule has 0 unspecified atom stereocenters. The van der Waals surface area contributed by atoms with Crippen LogP contribution in [0, 0.1) is 6.92 Å². The van der Waals surface area contributed by atoms with Gasteiger partial charge in [0, 0.05) is 11.6 Å². The summed E-state index contributed by atoms with van der Waals surface area (Å²) < 4.78 is 0. The van der Waals surface area contributed by atoms with Crippen LogP contribution in [0.3, 0.4) is 0 Å². The third-order valence-corrected chi connectivity index (χ3v) is 2.81. The number of benzene rings is 1. The zero-order valence-corrected chi connectivity index (χ0v) is 10.2. The Kier molecular flexibility index (Phi) is 3.50. The number of nitrogens with one attached hydrogen (secondary N) is 2. The molecule has 0 heterocycles. The summed E-state index contributed by atoms with van der Waals surface area (Å²) in [6.45, 7) is 1.70. The third kappa shape index (κ3) is 3.23. The number of phenolic OH excluding ortho intramolecular Hbond substituents is 1. The number of rotatable bonds is 4. The highest BCUT2D eigenvalue weighted by molar-refractivity contribution is 5.96. The molecule has 0 spiro atoms. The van der Waals surface area contributed by atoms with Gasteiger partial charge in [-0.2, -0.15) is 0 Å². The van der Waals surface area contributed by atoms with Crippen LogP contribution in [-0.2, 0) is 4.79 Å². The van der Waals surface area contributed by atoms with Gasteiger partial charge in [-0.1, -0.05) is 0 Å². The lowest BCUT2D eigenvalue weighted by molar-refractivity contribution is -0.120. The monoisotopic (exact) mass is 248 g/mol. The second-order valence-corrected chi connectivity index (χ2v) is 4.53. The Morgan fingerprint density at radius 1 is 1.39 bits per heavy atom. The molecule has 3 N–H and O–H groups in total. The van der Waals surface area contributed by atoms with Crippen molar-refractivity contribution in [3.8, 4) is 5.75 Å². The van der Waals surface area contributed by atoms with E-state index in [0.29, 0.717) is 17.2 Å². The van der Waals surface area contributed by atoms with Crippen LogP contribution in [0.5, 0.6) is 5.75 Å². The zero-order chi connectivity index (χ0) is 13.1. The molecule has 0 saturated heterocycles. The van der Waals surface area contributed by atoms with E-state index in [1.165, 1.54) is 12.1 Å².